The Kier molecular flexibility index (Phi) is 3.59. The number of hydrogen-bond donors (Lipinski definition) is 1. The van der Waals surface area contributed by atoms with Crippen molar-refractivity contribution in [2.75, 3.05) is 0 Å². The van der Waals surface area contributed by atoms with Crippen LogP contribution < -0.4 is 0 Å². The zero-order valence-corrected chi connectivity index (χ0v) is 8.23. The summed E-state index contributed by atoms with van der Waals surface area (Å²) >= 11 is 0. The maximum atomic E-state index is 10.6. The Morgan fingerprint density at radius 3 is 2.86 bits per heavy atom. The van der Waals surface area contributed by atoms with E-state index in [2.05, 4.69) is 4.98 Å². The first-order valence-corrected chi connectivity index (χ1v) is 4.38. The van der Waals surface area contributed by atoms with Gasteiger partial charge in [0.05, 0.1) is 18.3 Å². The maximum Gasteiger partial charge on any atom is 0.337 e. The highest BCUT2D eigenvalue weighted by Gasteiger charge is 2.04. The van der Waals surface area contributed by atoms with Crippen LogP contribution in [0.5, 0.6) is 0 Å². The van der Waals surface area contributed by atoms with Gasteiger partial charge in [0.2, 0.25) is 0 Å². The smallest absolute Gasteiger partial charge is 0.337 e. The van der Waals surface area contributed by atoms with E-state index in [0.717, 1.165) is 5.56 Å². The number of nitrogens with zero attached hydrogens (tertiary/aromatic N) is 1. The van der Waals surface area contributed by atoms with Crippen molar-refractivity contribution in [2.45, 2.75) is 26.6 Å². The number of ether oxygens (including phenoxy) is 1. The molecule has 1 rings (SSSR count). The minimum absolute atomic E-state index is 0.128. The van der Waals surface area contributed by atoms with Crippen molar-refractivity contribution in [2.24, 2.45) is 0 Å². The molecule has 1 aromatic heterocycles. The summed E-state index contributed by atoms with van der Waals surface area (Å²) < 4.78 is 5.33. The van der Waals surface area contributed by atoms with Gasteiger partial charge in [0.1, 0.15) is 0 Å². The molecule has 0 spiro atoms. The van der Waals surface area contributed by atoms with Gasteiger partial charge in [-0.05, 0) is 25.5 Å². The average Bonchev–Trinajstić information content (AvgIpc) is 2.15. The number of carboxylic acid groups (broad SMARTS) is 1. The summed E-state index contributed by atoms with van der Waals surface area (Å²) in [5.74, 6) is -0.969. The third kappa shape index (κ3) is 3.14. The van der Waals surface area contributed by atoms with Crippen molar-refractivity contribution >= 4 is 5.97 Å². The average molecular weight is 195 g/mol. The molecule has 0 unspecified atom stereocenters. The predicted octanol–water partition coefficient (Wildman–Crippen LogP) is 1.70. The van der Waals surface area contributed by atoms with E-state index in [4.69, 9.17) is 9.84 Å². The van der Waals surface area contributed by atoms with E-state index in [0.29, 0.717) is 6.61 Å². The van der Waals surface area contributed by atoms with Crippen LogP contribution in [0.15, 0.2) is 18.5 Å². The Morgan fingerprint density at radius 2 is 2.29 bits per heavy atom. The van der Waals surface area contributed by atoms with Gasteiger partial charge in [0.15, 0.2) is 0 Å². The highest BCUT2D eigenvalue weighted by atomic mass is 16.5. The maximum absolute atomic E-state index is 10.6. The summed E-state index contributed by atoms with van der Waals surface area (Å²) in [5.41, 5.74) is 0.966. The Balaban J connectivity index is 2.69. The second-order valence-corrected chi connectivity index (χ2v) is 3.25. The third-order valence-corrected chi connectivity index (χ3v) is 1.63. The lowest BCUT2D eigenvalue weighted by Crippen LogP contribution is -2.04. The monoisotopic (exact) mass is 195 g/mol. The van der Waals surface area contributed by atoms with Crippen molar-refractivity contribution in [1.29, 1.82) is 0 Å². The van der Waals surface area contributed by atoms with Crippen LogP contribution in [0.1, 0.15) is 29.8 Å². The van der Waals surface area contributed by atoms with Crippen molar-refractivity contribution in [3.05, 3.63) is 29.6 Å². The topological polar surface area (TPSA) is 59.4 Å². The standard InChI is InChI=1S/C10H13NO3/c1-7(2)14-6-8-3-9(10(12)13)5-11-4-8/h3-5,7H,6H2,1-2H3,(H,12,13). The van der Waals surface area contributed by atoms with Gasteiger partial charge < -0.3 is 9.84 Å². The summed E-state index contributed by atoms with van der Waals surface area (Å²) in [5, 5.41) is 8.71. The van der Waals surface area contributed by atoms with Crippen LogP contribution in [0, 0.1) is 0 Å². The molecule has 0 fully saturated rings. The lowest BCUT2D eigenvalue weighted by atomic mass is 10.2. The van der Waals surface area contributed by atoms with Crippen molar-refractivity contribution in [3.63, 3.8) is 0 Å². The molecule has 0 aliphatic heterocycles. The Bertz CT molecular complexity index is 323. The zero-order valence-electron chi connectivity index (χ0n) is 8.23. The van der Waals surface area contributed by atoms with Crippen LogP contribution in [-0.4, -0.2) is 22.2 Å². The summed E-state index contributed by atoms with van der Waals surface area (Å²) in [6, 6.07) is 1.57. The first-order chi connectivity index (χ1) is 6.59. The number of carbonyl (C=O) groups is 1. The van der Waals surface area contributed by atoms with Gasteiger partial charge in [0, 0.05) is 12.4 Å². The molecular weight excluding hydrogens is 182 g/mol. The van der Waals surface area contributed by atoms with Crippen LogP contribution in [0.3, 0.4) is 0 Å². The minimum Gasteiger partial charge on any atom is -0.478 e. The minimum atomic E-state index is -0.969. The van der Waals surface area contributed by atoms with Crippen molar-refractivity contribution in [3.8, 4) is 0 Å². The Labute approximate surface area is 82.5 Å². The van der Waals surface area contributed by atoms with E-state index in [9.17, 15) is 4.79 Å². The fourth-order valence-electron chi connectivity index (χ4n) is 0.946. The molecule has 0 amide bonds. The SMILES string of the molecule is CC(C)OCc1cncc(C(=O)O)c1. The molecule has 0 radical (unpaired) electrons. The Hall–Kier alpha value is -1.42. The van der Waals surface area contributed by atoms with E-state index < -0.39 is 5.97 Å². The van der Waals surface area contributed by atoms with Gasteiger partial charge >= 0.3 is 5.97 Å². The third-order valence-electron chi connectivity index (χ3n) is 1.63. The second-order valence-electron chi connectivity index (χ2n) is 3.25. The molecule has 0 saturated heterocycles. The number of aromatic nitrogens is 1. The van der Waals surface area contributed by atoms with Crippen LogP contribution in [-0.2, 0) is 11.3 Å². The second kappa shape index (κ2) is 4.72. The molecule has 4 heteroatoms. The number of aromatic carboxylic acids is 1. The number of pyridine rings is 1. The molecule has 0 saturated carbocycles. The van der Waals surface area contributed by atoms with E-state index in [1.807, 2.05) is 13.8 Å². The number of hydrogen-bond acceptors (Lipinski definition) is 3. The lowest BCUT2D eigenvalue weighted by Gasteiger charge is -2.07. The Morgan fingerprint density at radius 1 is 1.57 bits per heavy atom. The first kappa shape index (κ1) is 10.7. The normalized spacial score (nSPS) is 10.5. The van der Waals surface area contributed by atoms with E-state index in [1.54, 1.807) is 12.3 Å². The summed E-state index contributed by atoms with van der Waals surface area (Å²) in [7, 11) is 0. The molecule has 0 aromatic carbocycles. The van der Waals surface area contributed by atoms with Gasteiger partial charge in [0.25, 0.3) is 0 Å². The summed E-state index contributed by atoms with van der Waals surface area (Å²) in [4.78, 5) is 14.4. The predicted molar refractivity (Wildman–Crippen MR) is 51.1 cm³/mol. The van der Waals surface area contributed by atoms with Crippen LogP contribution in [0.25, 0.3) is 0 Å². The van der Waals surface area contributed by atoms with Crippen LogP contribution >= 0.6 is 0 Å². The summed E-state index contributed by atoms with van der Waals surface area (Å²) in [6.07, 6.45) is 3.05. The highest BCUT2D eigenvalue weighted by molar-refractivity contribution is 5.87. The van der Waals surface area contributed by atoms with Crippen LogP contribution in [0.2, 0.25) is 0 Å². The van der Waals surface area contributed by atoms with Gasteiger partial charge in [-0.3, -0.25) is 4.98 Å². The molecule has 1 heterocycles. The molecule has 1 aromatic rings. The molecule has 14 heavy (non-hydrogen) atoms. The van der Waals surface area contributed by atoms with Gasteiger partial charge in [-0.2, -0.15) is 0 Å². The molecule has 0 bridgehead atoms. The number of carboxylic acids is 1. The van der Waals surface area contributed by atoms with Gasteiger partial charge in [-0.25, -0.2) is 4.79 Å². The van der Waals surface area contributed by atoms with E-state index >= 15 is 0 Å². The molecular formula is C10H13NO3. The fraction of sp³-hybridized carbons (Fsp3) is 0.400. The van der Waals surface area contributed by atoms with E-state index in [-0.39, 0.29) is 11.7 Å². The number of rotatable bonds is 4. The lowest BCUT2D eigenvalue weighted by molar-refractivity contribution is 0.0651. The molecule has 0 aliphatic rings. The fourth-order valence-corrected chi connectivity index (χ4v) is 0.946. The van der Waals surface area contributed by atoms with Gasteiger partial charge in [-0.15, -0.1) is 0 Å². The van der Waals surface area contributed by atoms with Crippen molar-refractivity contribution in [1.82, 2.24) is 4.98 Å². The summed E-state index contributed by atoms with van der Waals surface area (Å²) in [6.45, 7) is 4.24. The molecule has 1 N–H and O–H groups in total. The van der Waals surface area contributed by atoms with E-state index in [1.165, 1.54) is 6.20 Å². The molecule has 76 valence electrons. The quantitative estimate of drug-likeness (QED) is 0.794. The largest absolute Gasteiger partial charge is 0.478 e. The highest BCUT2D eigenvalue weighted by Crippen LogP contribution is 2.05. The zero-order chi connectivity index (χ0) is 10.6. The molecule has 0 atom stereocenters. The molecule has 0 aliphatic carbocycles. The van der Waals surface area contributed by atoms with Gasteiger partial charge in [-0.1, -0.05) is 0 Å². The first-order valence-electron chi connectivity index (χ1n) is 4.38. The molecule has 4 nitrogen and oxygen atoms in total. The van der Waals surface area contributed by atoms with Crippen LogP contribution in [0.4, 0.5) is 0 Å². The van der Waals surface area contributed by atoms with Crippen molar-refractivity contribution < 1.29 is 14.6 Å².